The highest BCUT2D eigenvalue weighted by Crippen LogP contribution is 2.20. The molecule has 0 heterocycles. The van der Waals surface area contributed by atoms with E-state index in [0.717, 1.165) is 17.1 Å². The first-order valence-electron chi connectivity index (χ1n) is 5.86. The Labute approximate surface area is 112 Å². The van der Waals surface area contributed by atoms with Crippen molar-refractivity contribution in [3.63, 3.8) is 0 Å². The largest absolute Gasteiger partial charge is 0.497 e. The van der Waals surface area contributed by atoms with E-state index in [9.17, 15) is 4.79 Å². The molecule has 0 aliphatic heterocycles. The van der Waals surface area contributed by atoms with Gasteiger partial charge in [0.05, 0.1) is 25.5 Å². The van der Waals surface area contributed by atoms with Crippen LogP contribution in [0.15, 0.2) is 29.2 Å². The van der Waals surface area contributed by atoms with Crippen molar-refractivity contribution in [1.29, 1.82) is 0 Å². The number of hydrogen-bond donors (Lipinski definition) is 2. The third kappa shape index (κ3) is 4.98. The van der Waals surface area contributed by atoms with Crippen LogP contribution < -0.4 is 10.1 Å². The van der Waals surface area contributed by atoms with E-state index >= 15 is 0 Å². The summed E-state index contributed by atoms with van der Waals surface area (Å²) in [5.41, 5.74) is 0. The number of aliphatic hydroxyl groups is 1. The van der Waals surface area contributed by atoms with E-state index in [1.165, 1.54) is 11.8 Å². The molecule has 1 rings (SSSR count). The molecule has 0 radical (unpaired) electrons. The van der Waals surface area contributed by atoms with Gasteiger partial charge in [-0.05, 0) is 30.7 Å². The molecule has 0 aliphatic carbocycles. The first-order chi connectivity index (χ1) is 8.69. The molecule has 1 aromatic rings. The zero-order valence-corrected chi connectivity index (χ0v) is 11.5. The molecule has 4 nitrogen and oxygen atoms in total. The molecule has 0 saturated heterocycles. The van der Waals surface area contributed by atoms with Gasteiger partial charge in [0, 0.05) is 4.90 Å². The molecule has 0 fully saturated rings. The van der Waals surface area contributed by atoms with Crippen molar-refractivity contribution in [2.75, 3.05) is 19.5 Å². The number of hydrogen-bond acceptors (Lipinski definition) is 4. The van der Waals surface area contributed by atoms with Gasteiger partial charge in [-0.3, -0.25) is 4.79 Å². The molecule has 100 valence electrons. The van der Waals surface area contributed by atoms with Gasteiger partial charge in [0.1, 0.15) is 5.75 Å². The van der Waals surface area contributed by atoms with Crippen LogP contribution in [0.3, 0.4) is 0 Å². The van der Waals surface area contributed by atoms with Gasteiger partial charge in [0.2, 0.25) is 5.91 Å². The fourth-order valence-electron chi connectivity index (χ4n) is 1.37. The van der Waals surface area contributed by atoms with Gasteiger partial charge in [-0.15, -0.1) is 11.8 Å². The van der Waals surface area contributed by atoms with Crippen molar-refractivity contribution in [2.24, 2.45) is 0 Å². The highest BCUT2D eigenvalue weighted by atomic mass is 32.2. The Morgan fingerprint density at radius 1 is 1.44 bits per heavy atom. The van der Waals surface area contributed by atoms with Crippen LogP contribution in [0, 0.1) is 0 Å². The van der Waals surface area contributed by atoms with Crippen LogP contribution in [0.1, 0.15) is 13.3 Å². The Morgan fingerprint density at radius 2 is 2.11 bits per heavy atom. The molecule has 0 aliphatic rings. The number of rotatable bonds is 7. The van der Waals surface area contributed by atoms with Gasteiger partial charge < -0.3 is 15.2 Å². The molecule has 1 amide bonds. The number of carbonyl (C=O) groups is 1. The third-order valence-corrected chi connectivity index (χ3v) is 3.52. The van der Waals surface area contributed by atoms with E-state index < -0.39 is 0 Å². The second kappa shape index (κ2) is 8.00. The molecule has 0 aromatic heterocycles. The topological polar surface area (TPSA) is 58.6 Å². The number of nitrogens with one attached hydrogen (secondary N) is 1. The monoisotopic (exact) mass is 269 g/mol. The molecule has 2 N–H and O–H groups in total. The SMILES string of the molecule is CCC(CO)NC(=O)CSc1ccc(OC)cc1. The number of benzene rings is 1. The minimum Gasteiger partial charge on any atom is -0.497 e. The summed E-state index contributed by atoms with van der Waals surface area (Å²) < 4.78 is 5.06. The normalized spacial score (nSPS) is 11.9. The Kier molecular flexibility index (Phi) is 6.60. The van der Waals surface area contributed by atoms with Crippen molar-refractivity contribution in [3.05, 3.63) is 24.3 Å². The predicted octanol–water partition coefficient (Wildman–Crippen LogP) is 1.67. The van der Waals surface area contributed by atoms with Gasteiger partial charge in [-0.1, -0.05) is 6.92 Å². The second-order valence-corrected chi connectivity index (χ2v) is 4.87. The minimum absolute atomic E-state index is 0.0184. The number of thioether (sulfide) groups is 1. The number of aliphatic hydroxyl groups excluding tert-OH is 1. The van der Waals surface area contributed by atoms with Crippen LogP contribution in [0.4, 0.5) is 0 Å². The Morgan fingerprint density at radius 3 is 2.61 bits per heavy atom. The molecule has 0 bridgehead atoms. The lowest BCUT2D eigenvalue weighted by molar-refractivity contribution is -0.119. The number of amides is 1. The highest BCUT2D eigenvalue weighted by molar-refractivity contribution is 8.00. The summed E-state index contributed by atoms with van der Waals surface area (Å²) in [6, 6.07) is 7.42. The maximum atomic E-state index is 11.6. The summed E-state index contributed by atoms with van der Waals surface area (Å²) in [5.74, 6) is 1.09. The standard InChI is InChI=1S/C13H19NO3S/c1-3-10(8-15)14-13(16)9-18-12-6-4-11(17-2)5-7-12/h4-7,10,15H,3,8-9H2,1-2H3,(H,14,16). The van der Waals surface area contributed by atoms with E-state index in [-0.39, 0.29) is 18.6 Å². The van der Waals surface area contributed by atoms with Crippen molar-refractivity contribution in [3.8, 4) is 5.75 Å². The molecule has 5 heteroatoms. The van der Waals surface area contributed by atoms with Gasteiger partial charge in [-0.2, -0.15) is 0 Å². The van der Waals surface area contributed by atoms with Gasteiger partial charge >= 0.3 is 0 Å². The van der Waals surface area contributed by atoms with Crippen LogP contribution in [-0.4, -0.2) is 36.5 Å². The van der Waals surface area contributed by atoms with E-state index in [4.69, 9.17) is 9.84 Å². The first kappa shape index (κ1) is 14.9. The van der Waals surface area contributed by atoms with Gasteiger partial charge in [0.15, 0.2) is 0 Å². The molecule has 18 heavy (non-hydrogen) atoms. The van der Waals surface area contributed by atoms with Crippen LogP contribution in [0.25, 0.3) is 0 Å². The minimum atomic E-state index is -0.144. The lowest BCUT2D eigenvalue weighted by atomic mass is 10.2. The summed E-state index contributed by atoms with van der Waals surface area (Å²) in [7, 11) is 1.62. The van der Waals surface area contributed by atoms with Crippen LogP contribution >= 0.6 is 11.8 Å². The quantitative estimate of drug-likeness (QED) is 0.739. The molecule has 1 aromatic carbocycles. The fraction of sp³-hybridized carbons (Fsp3) is 0.462. The lowest BCUT2D eigenvalue weighted by Gasteiger charge is -2.13. The number of carbonyl (C=O) groups excluding carboxylic acids is 1. The first-order valence-corrected chi connectivity index (χ1v) is 6.85. The van der Waals surface area contributed by atoms with Crippen LogP contribution in [0.5, 0.6) is 5.75 Å². The highest BCUT2D eigenvalue weighted by Gasteiger charge is 2.09. The van der Waals surface area contributed by atoms with Gasteiger partial charge in [0.25, 0.3) is 0 Å². The van der Waals surface area contributed by atoms with Crippen molar-refractivity contribution >= 4 is 17.7 Å². The van der Waals surface area contributed by atoms with E-state index in [2.05, 4.69) is 5.32 Å². The van der Waals surface area contributed by atoms with Crippen molar-refractivity contribution < 1.29 is 14.6 Å². The maximum absolute atomic E-state index is 11.6. The molecule has 1 atom stereocenters. The second-order valence-electron chi connectivity index (χ2n) is 3.82. The Bertz CT molecular complexity index is 363. The van der Waals surface area contributed by atoms with E-state index in [1.54, 1.807) is 7.11 Å². The summed E-state index contributed by atoms with van der Waals surface area (Å²) in [4.78, 5) is 12.6. The molecular weight excluding hydrogens is 250 g/mol. The maximum Gasteiger partial charge on any atom is 0.230 e. The van der Waals surface area contributed by atoms with E-state index in [1.807, 2.05) is 31.2 Å². The molecular formula is C13H19NO3S. The summed E-state index contributed by atoms with van der Waals surface area (Å²) in [6.45, 7) is 1.91. The average Bonchev–Trinajstić information content (AvgIpc) is 2.43. The summed E-state index contributed by atoms with van der Waals surface area (Å²) in [5, 5.41) is 11.8. The van der Waals surface area contributed by atoms with Crippen LogP contribution in [0.2, 0.25) is 0 Å². The van der Waals surface area contributed by atoms with Gasteiger partial charge in [-0.25, -0.2) is 0 Å². The van der Waals surface area contributed by atoms with E-state index in [0.29, 0.717) is 5.75 Å². The summed E-state index contributed by atoms with van der Waals surface area (Å²) >= 11 is 1.46. The fourth-order valence-corrected chi connectivity index (χ4v) is 2.08. The molecule has 0 saturated carbocycles. The Hall–Kier alpha value is -1.20. The average molecular weight is 269 g/mol. The smallest absolute Gasteiger partial charge is 0.230 e. The van der Waals surface area contributed by atoms with Crippen LogP contribution in [-0.2, 0) is 4.79 Å². The Balaban J connectivity index is 2.37. The number of methoxy groups -OCH3 is 1. The third-order valence-electron chi connectivity index (χ3n) is 2.51. The molecule has 0 spiro atoms. The van der Waals surface area contributed by atoms with Crippen molar-refractivity contribution in [2.45, 2.75) is 24.3 Å². The zero-order valence-electron chi connectivity index (χ0n) is 10.7. The van der Waals surface area contributed by atoms with Crippen molar-refractivity contribution in [1.82, 2.24) is 5.32 Å². The predicted molar refractivity (Wildman–Crippen MR) is 73.0 cm³/mol. The summed E-state index contributed by atoms with van der Waals surface area (Å²) in [6.07, 6.45) is 0.732. The molecule has 1 unspecified atom stereocenters. The lowest BCUT2D eigenvalue weighted by Crippen LogP contribution is -2.37. The zero-order chi connectivity index (χ0) is 13.4. The number of ether oxygens (including phenoxy) is 1.